The van der Waals surface area contributed by atoms with E-state index in [0.29, 0.717) is 32.1 Å². The van der Waals surface area contributed by atoms with Crippen molar-refractivity contribution in [2.45, 2.75) is 147 Å². The van der Waals surface area contributed by atoms with Gasteiger partial charge in [-0.25, -0.2) is 0 Å². The molecule has 0 bridgehead atoms. The van der Waals surface area contributed by atoms with E-state index in [-0.39, 0.29) is 34.9 Å². The Morgan fingerprint density at radius 1 is 1.02 bits per heavy atom. The molecule has 5 aliphatic rings. The first-order valence-electron chi connectivity index (χ1n) is 16.3. The van der Waals surface area contributed by atoms with E-state index < -0.39 is 66.1 Å². The molecule has 0 aromatic carbocycles. The van der Waals surface area contributed by atoms with Crippen LogP contribution in [0, 0.1) is 34.5 Å². The molecule has 0 amide bonds. The van der Waals surface area contributed by atoms with Crippen LogP contribution in [0.4, 0.5) is 0 Å². The number of hydrogen-bond donors (Lipinski definition) is 7. The SMILES string of the molecule is C[C@H]([C@H](O)CCC(C)(C)O[C@@H]1O[C@H](CO)[C@@H](O)[C@H](O)[C@H]1O)[C@H]1CC[C@@]2(O)C3=CC(=O)[C@@H]4C[C@@H](O)CC[C@]4(C)[C@H]3CC[C@]12C. The summed E-state index contributed by atoms with van der Waals surface area (Å²) >= 11 is 0. The molecule has 14 atom stereocenters. The van der Waals surface area contributed by atoms with E-state index >= 15 is 0 Å². The lowest BCUT2D eigenvalue weighted by Gasteiger charge is -2.59. The molecule has 0 aromatic heterocycles. The Hall–Kier alpha value is -0.950. The third kappa shape index (κ3) is 5.46. The fourth-order valence-corrected chi connectivity index (χ4v) is 9.77. The summed E-state index contributed by atoms with van der Waals surface area (Å²) in [6.07, 6.45) is -0.486. The highest BCUT2D eigenvalue weighted by Gasteiger charge is 2.66. The van der Waals surface area contributed by atoms with Gasteiger partial charge in [0.05, 0.1) is 30.0 Å². The smallest absolute Gasteiger partial charge is 0.187 e. The number of ketones is 1. The van der Waals surface area contributed by atoms with Gasteiger partial charge in [-0.2, -0.15) is 0 Å². The maximum atomic E-state index is 13.4. The van der Waals surface area contributed by atoms with Gasteiger partial charge in [0.25, 0.3) is 0 Å². The standard InChI is InChI=1S/C33H54O10/c1-17(23(36)9-10-30(2,3)43-29-28(40)27(39)26(38)25(16-34)42-29)19-8-13-33(41)21-15-24(37)22-14-18(35)6-11-31(22,4)20(21)7-12-32(19,33)5/h15,17-20,22-23,25-29,34-36,38-41H,6-14,16H2,1-5H3/t17-,18-,19+,20-,22-,23+,25+,26+,27-,28+,29-,31+,32+,33+/m0/s1. The van der Waals surface area contributed by atoms with Crippen molar-refractivity contribution in [3.63, 3.8) is 0 Å². The van der Waals surface area contributed by atoms with E-state index in [1.165, 1.54) is 0 Å². The van der Waals surface area contributed by atoms with Crippen molar-refractivity contribution in [3.05, 3.63) is 11.6 Å². The molecule has 10 heteroatoms. The van der Waals surface area contributed by atoms with Crippen molar-refractivity contribution in [1.82, 2.24) is 0 Å². The molecular formula is C33H54O10. The Morgan fingerprint density at radius 2 is 1.72 bits per heavy atom. The Morgan fingerprint density at radius 3 is 2.40 bits per heavy atom. The molecule has 3 saturated carbocycles. The van der Waals surface area contributed by atoms with Gasteiger partial charge in [0.2, 0.25) is 0 Å². The summed E-state index contributed by atoms with van der Waals surface area (Å²) < 4.78 is 11.5. The van der Waals surface area contributed by atoms with Gasteiger partial charge in [-0.05, 0) is 106 Å². The van der Waals surface area contributed by atoms with Gasteiger partial charge in [-0.15, -0.1) is 0 Å². The van der Waals surface area contributed by atoms with Crippen LogP contribution < -0.4 is 0 Å². The highest BCUT2D eigenvalue weighted by Crippen LogP contribution is 2.68. The lowest BCUT2D eigenvalue weighted by atomic mass is 9.46. The third-order valence-corrected chi connectivity index (χ3v) is 12.7. The summed E-state index contributed by atoms with van der Waals surface area (Å²) in [5.74, 6) is -0.155. The molecule has 7 N–H and O–H groups in total. The van der Waals surface area contributed by atoms with Crippen LogP contribution in [0.5, 0.6) is 0 Å². The van der Waals surface area contributed by atoms with Crippen molar-refractivity contribution < 1.29 is 50.0 Å². The second-order valence-corrected chi connectivity index (χ2v) is 15.5. The predicted molar refractivity (Wildman–Crippen MR) is 156 cm³/mol. The first-order valence-corrected chi connectivity index (χ1v) is 16.3. The molecule has 0 radical (unpaired) electrons. The number of aliphatic hydroxyl groups excluding tert-OH is 6. The number of fused-ring (bicyclic) bond motifs is 5. The normalized spacial score (nSPS) is 48.1. The van der Waals surface area contributed by atoms with Crippen LogP contribution in [0.2, 0.25) is 0 Å². The van der Waals surface area contributed by atoms with E-state index in [1.807, 2.05) is 6.92 Å². The molecule has 0 aromatic rings. The lowest BCUT2D eigenvalue weighted by molar-refractivity contribution is -0.324. The maximum Gasteiger partial charge on any atom is 0.187 e. The number of rotatable bonds is 8. The molecule has 5 rings (SSSR count). The van der Waals surface area contributed by atoms with Crippen LogP contribution >= 0.6 is 0 Å². The summed E-state index contributed by atoms with van der Waals surface area (Å²) in [6, 6.07) is 0. The van der Waals surface area contributed by atoms with Crippen LogP contribution in [-0.2, 0) is 14.3 Å². The molecule has 1 heterocycles. The number of carbonyl (C=O) groups excluding carboxylic acids is 1. The first-order chi connectivity index (χ1) is 20.0. The minimum Gasteiger partial charge on any atom is -0.394 e. The zero-order valence-corrected chi connectivity index (χ0v) is 26.4. The summed E-state index contributed by atoms with van der Waals surface area (Å²) in [5, 5.41) is 74.2. The van der Waals surface area contributed by atoms with Crippen LogP contribution in [0.25, 0.3) is 0 Å². The minimum atomic E-state index is -1.53. The van der Waals surface area contributed by atoms with E-state index in [4.69, 9.17) is 9.47 Å². The van der Waals surface area contributed by atoms with Crippen LogP contribution in [0.15, 0.2) is 11.6 Å². The summed E-state index contributed by atoms with van der Waals surface area (Å²) in [7, 11) is 0. The molecule has 10 nitrogen and oxygen atoms in total. The van der Waals surface area contributed by atoms with Crippen LogP contribution in [0.3, 0.4) is 0 Å². The molecule has 4 fully saturated rings. The molecule has 4 aliphatic carbocycles. The van der Waals surface area contributed by atoms with Gasteiger partial charge >= 0.3 is 0 Å². The van der Waals surface area contributed by atoms with Gasteiger partial charge < -0.3 is 45.2 Å². The Kier molecular flexibility index (Phi) is 9.08. The number of hydrogen-bond acceptors (Lipinski definition) is 10. The number of allylic oxidation sites excluding steroid dienone is 1. The second kappa shape index (κ2) is 11.7. The Balaban J connectivity index is 1.26. The number of carbonyl (C=O) groups is 1. The molecule has 1 saturated heterocycles. The minimum absolute atomic E-state index is 0.0309. The Bertz CT molecular complexity index is 1080. The molecule has 246 valence electrons. The Labute approximate surface area is 255 Å². The van der Waals surface area contributed by atoms with Crippen molar-refractivity contribution in [1.29, 1.82) is 0 Å². The average molecular weight is 611 g/mol. The fraction of sp³-hybridized carbons (Fsp3) is 0.909. The van der Waals surface area contributed by atoms with Gasteiger partial charge in [-0.1, -0.05) is 20.8 Å². The van der Waals surface area contributed by atoms with Crippen molar-refractivity contribution in [2.75, 3.05) is 6.61 Å². The highest BCUT2D eigenvalue weighted by molar-refractivity contribution is 5.95. The van der Waals surface area contributed by atoms with Gasteiger partial charge in [0, 0.05) is 11.3 Å². The van der Waals surface area contributed by atoms with Crippen molar-refractivity contribution >= 4 is 5.78 Å². The average Bonchev–Trinajstić information content (AvgIpc) is 3.24. The summed E-state index contributed by atoms with van der Waals surface area (Å²) in [6.45, 7) is 9.40. The van der Waals surface area contributed by atoms with Crippen molar-refractivity contribution in [3.8, 4) is 0 Å². The molecule has 0 unspecified atom stereocenters. The zero-order chi connectivity index (χ0) is 31.7. The zero-order valence-electron chi connectivity index (χ0n) is 26.4. The van der Waals surface area contributed by atoms with Gasteiger partial charge in [0.1, 0.15) is 24.4 Å². The summed E-state index contributed by atoms with van der Waals surface area (Å²) in [5.41, 5.74) is -1.85. The monoisotopic (exact) mass is 610 g/mol. The largest absolute Gasteiger partial charge is 0.394 e. The predicted octanol–water partition coefficient (Wildman–Crippen LogP) is 1.59. The van der Waals surface area contributed by atoms with E-state index in [9.17, 15) is 40.5 Å². The fourth-order valence-electron chi connectivity index (χ4n) is 9.77. The quantitative estimate of drug-likeness (QED) is 0.214. The lowest BCUT2D eigenvalue weighted by Crippen LogP contribution is -2.60. The van der Waals surface area contributed by atoms with Crippen LogP contribution in [0.1, 0.15) is 92.4 Å². The number of ether oxygens (including phenoxy) is 2. The topological polar surface area (TPSA) is 177 Å². The van der Waals surface area contributed by atoms with Crippen LogP contribution in [-0.4, -0.2) is 102 Å². The number of aliphatic hydroxyl groups is 7. The maximum absolute atomic E-state index is 13.4. The molecule has 0 spiro atoms. The van der Waals surface area contributed by atoms with Gasteiger partial charge in [0.15, 0.2) is 12.1 Å². The second-order valence-electron chi connectivity index (χ2n) is 15.5. The first kappa shape index (κ1) is 33.4. The van der Waals surface area contributed by atoms with Gasteiger partial charge in [-0.3, -0.25) is 4.79 Å². The summed E-state index contributed by atoms with van der Waals surface area (Å²) in [4.78, 5) is 13.4. The molecular weight excluding hydrogens is 556 g/mol. The van der Waals surface area contributed by atoms with E-state index in [1.54, 1.807) is 19.9 Å². The van der Waals surface area contributed by atoms with Crippen molar-refractivity contribution in [2.24, 2.45) is 34.5 Å². The van der Waals surface area contributed by atoms with E-state index in [0.717, 1.165) is 31.3 Å². The highest BCUT2D eigenvalue weighted by atomic mass is 16.7. The third-order valence-electron chi connectivity index (χ3n) is 12.7. The van der Waals surface area contributed by atoms with E-state index in [2.05, 4.69) is 13.8 Å². The molecule has 1 aliphatic heterocycles. The molecule has 43 heavy (non-hydrogen) atoms.